The first-order valence-corrected chi connectivity index (χ1v) is 6.58. The van der Waals surface area contributed by atoms with Gasteiger partial charge in [0.15, 0.2) is 0 Å². The average molecular weight is 274 g/mol. The van der Waals surface area contributed by atoms with E-state index in [2.05, 4.69) is 21.4 Å². The molecular weight excluding hydrogens is 256 g/mol. The molecule has 0 unspecified atom stereocenters. The molecule has 2 rings (SSSR count). The lowest BCUT2D eigenvalue weighted by Gasteiger charge is -2.17. The van der Waals surface area contributed by atoms with Crippen molar-refractivity contribution in [1.29, 1.82) is 0 Å². The lowest BCUT2D eigenvalue weighted by Crippen LogP contribution is -2.14. The second-order valence-corrected chi connectivity index (χ2v) is 4.55. The number of anilines is 1. The highest BCUT2D eigenvalue weighted by molar-refractivity contribution is 6.08. The maximum Gasteiger partial charge on any atom is 0.338 e. The van der Waals surface area contributed by atoms with E-state index >= 15 is 0 Å². The predicted octanol–water partition coefficient (Wildman–Crippen LogP) is 0.980. The first kappa shape index (κ1) is 14.0. The number of carbonyl (C=O) groups is 1. The number of fused-ring (bicyclic) bond motifs is 1. The van der Waals surface area contributed by atoms with Gasteiger partial charge in [0.25, 0.3) is 0 Å². The van der Waals surface area contributed by atoms with Gasteiger partial charge in [0.05, 0.1) is 5.57 Å². The summed E-state index contributed by atoms with van der Waals surface area (Å²) in [5, 5.41) is 12.0. The van der Waals surface area contributed by atoms with Gasteiger partial charge in [-0.25, -0.2) is 9.78 Å². The van der Waals surface area contributed by atoms with Crippen molar-refractivity contribution in [1.82, 2.24) is 4.98 Å². The Morgan fingerprint density at radius 1 is 1.55 bits per heavy atom. The van der Waals surface area contributed by atoms with E-state index in [0.29, 0.717) is 13.0 Å². The molecule has 1 aromatic rings. The quantitative estimate of drug-likeness (QED) is 0.549. The van der Waals surface area contributed by atoms with Crippen LogP contribution in [-0.4, -0.2) is 35.4 Å². The summed E-state index contributed by atoms with van der Waals surface area (Å²) in [5.74, 6) is -0.113. The third-order valence-corrected chi connectivity index (χ3v) is 3.11. The summed E-state index contributed by atoms with van der Waals surface area (Å²) in [6, 6.07) is 4.09. The third-order valence-electron chi connectivity index (χ3n) is 3.11. The SMILES string of the molecule is NC=C(C=NCCc1ccc2c(n1)NCCC2)C(=O)O. The highest BCUT2D eigenvalue weighted by atomic mass is 16.4. The van der Waals surface area contributed by atoms with E-state index in [0.717, 1.165) is 37.1 Å². The van der Waals surface area contributed by atoms with Gasteiger partial charge in [0.1, 0.15) is 5.82 Å². The molecule has 20 heavy (non-hydrogen) atoms. The first-order chi connectivity index (χ1) is 9.70. The van der Waals surface area contributed by atoms with Gasteiger partial charge < -0.3 is 16.2 Å². The van der Waals surface area contributed by atoms with Crippen LogP contribution in [0.1, 0.15) is 17.7 Å². The van der Waals surface area contributed by atoms with Gasteiger partial charge in [-0.1, -0.05) is 6.07 Å². The fraction of sp³-hybridized carbons (Fsp3) is 0.357. The molecule has 2 heterocycles. The van der Waals surface area contributed by atoms with Crippen molar-refractivity contribution in [3.8, 4) is 0 Å². The molecule has 0 bridgehead atoms. The van der Waals surface area contributed by atoms with Crippen molar-refractivity contribution in [3.05, 3.63) is 35.2 Å². The normalized spacial score (nSPS) is 14.9. The Balaban J connectivity index is 1.91. The minimum atomic E-state index is -1.08. The number of hydrogen-bond donors (Lipinski definition) is 3. The average Bonchev–Trinajstić information content (AvgIpc) is 2.46. The number of rotatable bonds is 5. The molecule has 0 aromatic carbocycles. The highest BCUT2D eigenvalue weighted by Crippen LogP contribution is 2.19. The molecule has 0 saturated heterocycles. The molecule has 0 spiro atoms. The lowest BCUT2D eigenvalue weighted by atomic mass is 10.1. The number of carboxylic acid groups (broad SMARTS) is 1. The summed E-state index contributed by atoms with van der Waals surface area (Å²) in [6.45, 7) is 1.45. The molecule has 0 aliphatic carbocycles. The monoisotopic (exact) mass is 274 g/mol. The molecule has 0 atom stereocenters. The van der Waals surface area contributed by atoms with E-state index < -0.39 is 5.97 Å². The topological polar surface area (TPSA) is 101 Å². The van der Waals surface area contributed by atoms with Gasteiger partial charge in [-0.05, 0) is 24.5 Å². The smallest absolute Gasteiger partial charge is 0.338 e. The maximum absolute atomic E-state index is 10.7. The zero-order valence-electron chi connectivity index (χ0n) is 11.2. The lowest BCUT2D eigenvalue weighted by molar-refractivity contribution is -0.132. The summed E-state index contributed by atoms with van der Waals surface area (Å²) < 4.78 is 0. The molecule has 0 amide bonds. The number of nitrogens with two attached hydrogens (primary N) is 1. The second-order valence-electron chi connectivity index (χ2n) is 4.55. The molecule has 4 N–H and O–H groups in total. The van der Waals surface area contributed by atoms with E-state index in [4.69, 9.17) is 10.8 Å². The molecule has 0 radical (unpaired) electrons. The van der Waals surface area contributed by atoms with Gasteiger partial charge in [-0.3, -0.25) is 4.99 Å². The third kappa shape index (κ3) is 3.57. The Hall–Kier alpha value is -2.37. The Morgan fingerprint density at radius 2 is 2.40 bits per heavy atom. The van der Waals surface area contributed by atoms with Crippen molar-refractivity contribution >= 4 is 18.0 Å². The molecule has 0 fully saturated rings. The molecule has 6 nitrogen and oxygen atoms in total. The van der Waals surface area contributed by atoms with Crippen molar-refractivity contribution in [2.45, 2.75) is 19.3 Å². The number of pyridine rings is 1. The summed E-state index contributed by atoms with van der Waals surface area (Å²) in [6.07, 6.45) is 5.19. The minimum Gasteiger partial charge on any atom is -0.478 e. The molecule has 106 valence electrons. The van der Waals surface area contributed by atoms with Gasteiger partial charge in [0, 0.05) is 37.6 Å². The number of carboxylic acids is 1. The van der Waals surface area contributed by atoms with Crippen LogP contribution in [0.4, 0.5) is 5.82 Å². The Kier molecular flexibility index (Phi) is 4.70. The number of aromatic nitrogens is 1. The van der Waals surface area contributed by atoms with Crippen LogP contribution in [0.3, 0.4) is 0 Å². The van der Waals surface area contributed by atoms with Crippen molar-refractivity contribution in [2.75, 3.05) is 18.4 Å². The summed E-state index contributed by atoms with van der Waals surface area (Å²) in [7, 11) is 0. The van der Waals surface area contributed by atoms with E-state index in [9.17, 15) is 4.79 Å². The summed E-state index contributed by atoms with van der Waals surface area (Å²) >= 11 is 0. The van der Waals surface area contributed by atoms with E-state index in [1.807, 2.05) is 6.07 Å². The Labute approximate surface area is 117 Å². The van der Waals surface area contributed by atoms with Crippen LogP contribution in [0.2, 0.25) is 0 Å². The van der Waals surface area contributed by atoms with E-state index in [1.165, 1.54) is 11.8 Å². The number of nitrogens with zero attached hydrogens (tertiary/aromatic N) is 2. The van der Waals surface area contributed by atoms with Crippen LogP contribution in [0.5, 0.6) is 0 Å². The molecule has 1 aliphatic heterocycles. The minimum absolute atomic E-state index is 0.00920. The fourth-order valence-electron chi connectivity index (χ4n) is 2.02. The van der Waals surface area contributed by atoms with Crippen molar-refractivity contribution in [2.24, 2.45) is 10.7 Å². The molecule has 0 saturated carbocycles. The number of nitrogens with one attached hydrogen (secondary N) is 1. The maximum atomic E-state index is 10.7. The van der Waals surface area contributed by atoms with Crippen LogP contribution in [0, 0.1) is 0 Å². The van der Waals surface area contributed by atoms with Gasteiger partial charge in [-0.2, -0.15) is 0 Å². The van der Waals surface area contributed by atoms with Crippen LogP contribution in [0.25, 0.3) is 0 Å². The standard InChI is InChI=1S/C14H18N4O2/c15-8-11(14(19)20)9-16-7-5-12-4-3-10-2-1-6-17-13(10)18-12/h3-4,8-9H,1-2,5-7,15H2,(H,17,18)(H,19,20). The molecule has 1 aliphatic rings. The van der Waals surface area contributed by atoms with Gasteiger partial charge >= 0.3 is 5.97 Å². The Bertz CT molecular complexity index is 552. The predicted molar refractivity (Wildman–Crippen MR) is 78.0 cm³/mol. The second kappa shape index (κ2) is 6.70. The van der Waals surface area contributed by atoms with Crippen LogP contribution < -0.4 is 11.1 Å². The van der Waals surface area contributed by atoms with Crippen LogP contribution >= 0.6 is 0 Å². The van der Waals surface area contributed by atoms with Crippen LogP contribution in [0.15, 0.2) is 28.9 Å². The van der Waals surface area contributed by atoms with E-state index in [1.54, 1.807) is 0 Å². The Morgan fingerprint density at radius 3 is 3.15 bits per heavy atom. The van der Waals surface area contributed by atoms with Gasteiger partial charge in [-0.15, -0.1) is 0 Å². The van der Waals surface area contributed by atoms with Crippen molar-refractivity contribution in [3.63, 3.8) is 0 Å². The van der Waals surface area contributed by atoms with E-state index in [-0.39, 0.29) is 5.57 Å². The van der Waals surface area contributed by atoms with Crippen molar-refractivity contribution < 1.29 is 9.90 Å². The first-order valence-electron chi connectivity index (χ1n) is 6.58. The number of aliphatic imine (C=N–C) groups is 1. The molecule has 1 aromatic heterocycles. The summed E-state index contributed by atoms with van der Waals surface area (Å²) in [4.78, 5) is 19.3. The number of hydrogen-bond acceptors (Lipinski definition) is 5. The number of aryl methyl sites for hydroxylation is 1. The highest BCUT2D eigenvalue weighted by Gasteiger charge is 2.09. The van der Waals surface area contributed by atoms with Crippen LogP contribution in [-0.2, 0) is 17.6 Å². The molecule has 6 heteroatoms. The van der Waals surface area contributed by atoms with Gasteiger partial charge in [0.2, 0.25) is 0 Å². The zero-order valence-corrected chi connectivity index (χ0v) is 11.2. The molecular formula is C14H18N4O2. The summed E-state index contributed by atoms with van der Waals surface area (Å²) in [5.41, 5.74) is 7.38. The fourth-order valence-corrected chi connectivity index (χ4v) is 2.02. The largest absolute Gasteiger partial charge is 0.478 e. The zero-order chi connectivity index (χ0) is 14.4. The number of aliphatic carboxylic acids is 1.